The van der Waals surface area contributed by atoms with Gasteiger partial charge in [-0.05, 0) is 55.4 Å². The zero-order valence-electron chi connectivity index (χ0n) is 15.3. The number of hydrogen-bond acceptors (Lipinski definition) is 4. The molecule has 1 saturated carbocycles. The fourth-order valence-electron chi connectivity index (χ4n) is 6.69. The molecule has 5 aliphatic rings. The number of esters is 1. The first-order valence-corrected chi connectivity index (χ1v) is 9.78. The lowest BCUT2D eigenvalue weighted by atomic mass is 9.56. The summed E-state index contributed by atoms with van der Waals surface area (Å²) < 4.78 is 11.6. The summed E-state index contributed by atoms with van der Waals surface area (Å²) >= 11 is 0. The van der Waals surface area contributed by atoms with E-state index in [1.807, 2.05) is 6.07 Å². The van der Waals surface area contributed by atoms with Crippen molar-refractivity contribution in [2.45, 2.75) is 49.7 Å². The van der Waals surface area contributed by atoms with Gasteiger partial charge in [0.05, 0.1) is 13.2 Å². The fraction of sp³-hybridized carbons (Fsp3) is 0.571. The number of hydrogen-bond donors (Lipinski definition) is 1. The number of nitrogens with zero attached hydrogens (tertiary/aromatic N) is 1. The van der Waals surface area contributed by atoms with Gasteiger partial charge in [-0.2, -0.15) is 0 Å². The minimum absolute atomic E-state index is 0.00165. The molecule has 5 bridgehead atoms. The molecular formula is C21H24N2O3. The zero-order valence-corrected chi connectivity index (χ0v) is 15.3. The lowest BCUT2D eigenvalue weighted by molar-refractivity contribution is -0.153. The molecule has 1 aliphatic carbocycles. The van der Waals surface area contributed by atoms with E-state index >= 15 is 0 Å². The average Bonchev–Trinajstić information content (AvgIpc) is 3.08. The molecule has 3 saturated heterocycles. The van der Waals surface area contributed by atoms with Gasteiger partial charge in [-0.1, -0.05) is 6.92 Å². The molecule has 1 N–H and O–H groups in total. The van der Waals surface area contributed by atoms with Crippen LogP contribution in [-0.4, -0.2) is 47.7 Å². The van der Waals surface area contributed by atoms with Gasteiger partial charge in [-0.15, -0.1) is 0 Å². The minimum Gasteiger partial charge on any atom is -0.497 e. The number of fused-ring (bicyclic) bond motifs is 3. The maximum absolute atomic E-state index is 13.4. The maximum atomic E-state index is 13.4. The monoisotopic (exact) mass is 352 g/mol. The zero-order chi connectivity index (χ0) is 17.7. The molecule has 1 aromatic heterocycles. The largest absolute Gasteiger partial charge is 0.497 e. The van der Waals surface area contributed by atoms with E-state index in [9.17, 15) is 4.79 Å². The highest BCUT2D eigenvalue weighted by atomic mass is 16.6. The molecule has 5 heterocycles. The molecule has 4 fully saturated rings. The predicted molar refractivity (Wildman–Crippen MR) is 97.4 cm³/mol. The molecule has 1 aromatic carbocycles. The predicted octanol–water partition coefficient (Wildman–Crippen LogP) is 2.77. The number of carbonyl (C=O) groups is 1. The Kier molecular flexibility index (Phi) is 2.69. The Morgan fingerprint density at radius 1 is 1.38 bits per heavy atom. The molecule has 4 aliphatic heterocycles. The quantitative estimate of drug-likeness (QED) is 0.845. The van der Waals surface area contributed by atoms with E-state index in [0.717, 1.165) is 55.7 Å². The van der Waals surface area contributed by atoms with E-state index in [-0.39, 0.29) is 17.6 Å². The number of H-pyrrole nitrogens is 1. The van der Waals surface area contributed by atoms with E-state index in [1.165, 1.54) is 10.9 Å². The standard InChI is InChI=1S/C21H24N2O3/c1-3-20-9-12-10-21(19(24)26-20)17-14(6-7-23(11-12)18(20)21)15-8-13(25-2)4-5-16(15)22-17/h4-5,8,12,18,22H,3,6-7,9-11H2,1-2H3/t12?,18?,20-,21-/m1/s1. The lowest BCUT2D eigenvalue weighted by Crippen LogP contribution is -2.68. The lowest BCUT2D eigenvalue weighted by Gasteiger charge is -2.55. The highest BCUT2D eigenvalue weighted by Crippen LogP contribution is 2.62. The van der Waals surface area contributed by atoms with Crippen molar-refractivity contribution in [2.24, 2.45) is 5.92 Å². The number of aromatic nitrogens is 1. The van der Waals surface area contributed by atoms with E-state index < -0.39 is 5.41 Å². The van der Waals surface area contributed by atoms with Crippen LogP contribution in [0, 0.1) is 5.92 Å². The summed E-state index contributed by atoms with van der Waals surface area (Å²) in [6.07, 6.45) is 3.83. The van der Waals surface area contributed by atoms with Crippen molar-refractivity contribution in [1.82, 2.24) is 9.88 Å². The van der Waals surface area contributed by atoms with Crippen molar-refractivity contribution < 1.29 is 14.3 Å². The molecule has 5 atom stereocenters. The second-order valence-corrected chi connectivity index (χ2v) is 8.59. The fourth-order valence-corrected chi connectivity index (χ4v) is 6.69. The number of carbonyl (C=O) groups excluding carboxylic acids is 1. The minimum atomic E-state index is -0.519. The number of nitrogens with one attached hydrogen (secondary N) is 1. The number of aromatic amines is 1. The highest BCUT2D eigenvalue weighted by molar-refractivity contribution is 5.94. The molecule has 0 amide bonds. The molecule has 26 heavy (non-hydrogen) atoms. The summed E-state index contributed by atoms with van der Waals surface area (Å²) in [7, 11) is 1.70. The molecule has 5 heteroatoms. The van der Waals surface area contributed by atoms with Gasteiger partial charge in [-0.3, -0.25) is 9.69 Å². The van der Waals surface area contributed by atoms with E-state index in [0.29, 0.717) is 5.92 Å². The van der Waals surface area contributed by atoms with Crippen molar-refractivity contribution in [3.05, 3.63) is 29.5 Å². The third-order valence-electron chi connectivity index (χ3n) is 7.53. The summed E-state index contributed by atoms with van der Waals surface area (Å²) in [5, 5.41) is 1.19. The Bertz CT molecular complexity index is 950. The number of piperidine rings is 2. The SMILES string of the molecule is CC[C@]12CC3CN4CCc5c([nH]c6ccc(OC)cc56)[C@@](C3)(C(=O)O1)C42. The summed E-state index contributed by atoms with van der Waals surface area (Å²) in [5.41, 5.74) is 2.70. The van der Waals surface area contributed by atoms with E-state index in [2.05, 4.69) is 28.9 Å². The third kappa shape index (κ3) is 1.51. The van der Waals surface area contributed by atoms with Crippen molar-refractivity contribution in [3.8, 4) is 5.75 Å². The second-order valence-electron chi connectivity index (χ2n) is 8.59. The van der Waals surface area contributed by atoms with Crippen LogP contribution >= 0.6 is 0 Å². The van der Waals surface area contributed by atoms with Crippen LogP contribution in [0.2, 0.25) is 0 Å². The molecule has 136 valence electrons. The van der Waals surface area contributed by atoms with Gasteiger partial charge in [0.2, 0.25) is 0 Å². The Balaban J connectivity index is 1.65. The van der Waals surface area contributed by atoms with Crippen LogP contribution < -0.4 is 4.74 Å². The van der Waals surface area contributed by atoms with Gasteiger partial charge in [0.15, 0.2) is 0 Å². The summed E-state index contributed by atoms with van der Waals surface area (Å²) in [6.45, 7) is 4.28. The van der Waals surface area contributed by atoms with Crippen LogP contribution in [0.4, 0.5) is 0 Å². The number of methoxy groups -OCH3 is 1. The van der Waals surface area contributed by atoms with Crippen molar-refractivity contribution in [3.63, 3.8) is 0 Å². The van der Waals surface area contributed by atoms with E-state index in [1.54, 1.807) is 7.11 Å². The van der Waals surface area contributed by atoms with Crippen molar-refractivity contribution in [1.29, 1.82) is 0 Å². The van der Waals surface area contributed by atoms with Crippen LogP contribution in [-0.2, 0) is 21.4 Å². The number of benzene rings is 1. The summed E-state index contributed by atoms with van der Waals surface area (Å²) in [5.74, 6) is 1.40. The van der Waals surface area contributed by atoms with Gasteiger partial charge >= 0.3 is 5.97 Å². The van der Waals surface area contributed by atoms with Gasteiger partial charge in [0.1, 0.15) is 16.8 Å². The topological polar surface area (TPSA) is 54.6 Å². The van der Waals surface area contributed by atoms with E-state index in [4.69, 9.17) is 9.47 Å². The normalized spacial score (nSPS) is 39.6. The first kappa shape index (κ1) is 15.1. The smallest absolute Gasteiger partial charge is 0.320 e. The Hall–Kier alpha value is -2.01. The Labute approximate surface area is 152 Å². The first-order valence-electron chi connectivity index (χ1n) is 9.78. The van der Waals surface area contributed by atoms with Crippen LogP contribution in [0.1, 0.15) is 37.4 Å². The molecule has 0 spiro atoms. The summed E-state index contributed by atoms with van der Waals surface area (Å²) in [4.78, 5) is 19.6. The van der Waals surface area contributed by atoms with Crippen molar-refractivity contribution >= 4 is 16.9 Å². The van der Waals surface area contributed by atoms with Gasteiger partial charge in [-0.25, -0.2) is 0 Å². The van der Waals surface area contributed by atoms with Crippen LogP contribution in [0.25, 0.3) is 10.9 Å². The molecule has 7 rings (SSSR count). The van der Waals surface area contributed by atoms with Crippen LogP contribution in [0.3, 0.4) is 0 Å². The molecular weight excluding hydrogens is 328 g/mol. The van der Waals surface area contributed by atoms with Crippen LogP contribution in [0.5, 0.6) is 5.75 Å². The maximum Gasteiger partial charge on any atom is 0.320 e. The van der Waals surface area contributed by atoms with Crippen molar-refractivity contribution in [2.75, 3.05) is 20.2 Å². The third-order valence-corrected chi connectivity index (χ3v) is 7.53. The molecule has 0 radical (unpaired) electrons. The van der Waals surface area contributed by atoms with Gasteiger partial charge < -0.3 is 14.5 Å². The van der Waals surface area contributed by atoms with Crippen LogP contribution in [0.15, 0.2) is 18.2 Å². The highest BCUT2D eigenvalue weighted by Gasteiger charge is 2.74. The number of ether oxygens (including phenoxy) is 2. The summed E-state index contributed by atoms with van der Waals surface area (Å²) in [6, 6.07) is 6.34. The average molecular weight is 352 g/mol. The molecule has 2 aromatic rings. The molecule has 3 unspecified atom stereocenters. The van der Waals surface area contributed by atoms with Gasteiger partial charge in [0, 0.05) is 29.7 Å². The Morgan fingerprint density at radius 2 is 2.27 bits per heavy atom. The first-order chi connectivity index (χ1) is 12.6. The molecule has 5 nitrogen and oxygen atoms in total. The second kappa shape index (κ2) is 4.63. The van der Waals surface area contributed by atoms with Gasteiger partial charge in [0.25, 0.3) is 0 Å². The number of rotatable bonds is 2. The Morgan fingerprint density at radius 3 is 3.08 bits per heavy atom.